The van der Waals surface area contributed by atoms with Gasteiger partial charge >= 0.3 is 0 Å². The Kier molecular flexibility index (Phi) is 6.47. The molecule has 5 nitrogen and oxygen atoms in total. The Labute approximate surface area is 154 Å². The minimum atomic E-state index is 0.215. The van der Waals surface area contributed by atoms with Gasteiger partial charge in [-0.2, -0.15) is 15.0 Å². The molecule has 0 unspecified atom stereocenters. The molecular formula is C21H27N3O2. The molecule has 1 N–H and O–H groups in total. The molecule has 0 saturated heterocycles. The highest BCUT2D eigenvalue weighted by molar-refractivity contribution is 5.73. The number of phenolic OH excluding ortho intramolecular Hbond substituents is 1. The molecule has 0 atom stereocenters. The summed E-state index contributed by atoms with van der Waals surface area (Å²) in [5, 5.41) is 19.1. The fourth-order valence-electron chi connectivity index (χ4n) is 2.97. The Bertz CT molecular complexity index is 796. The van der Waals surface area contributed by atoms with Gasteiger partial charge in [-0.05, 0) is 30.7 Å². The van der Waals surface area contributed by atoms with Crippen molar-refractivity contribution in [3.8, 4) is 11.5 Å². The van der Waals surface area contributed by atoms with Crippen molar-refractivity contribution < 1.29 is 9.84 Å². The second-order valence-electron chi connectivity index (χ2n) is 6.63. The van der Waals surface area contributed by atoms with Crippen molar-refractivity contribution in [2.24, 2.45) is 0 Å². The highest BCUT2D eigenvalue weighted by Gasteiger charge is 2.07. The minimum absolute atomic E-state index is 0.215. The molecule has 2 aromatic carbocycles. The number of hydrogen-bond donors (Lipinski definition) is 1. The second-order valence-corrected chi connectivity index (χ2v) is 6.63. The molecule has 0 aliphatic heterocycles. The van der Waals surface area contributed by atoms with Crippen molar-refractivity contribution in [3.63, 3.8) is 0 Å². The molecule has 0 fully saturated rings. The average Bonchev–Trinajstić information content (AvgIpc) is 3.05. The molecule has 0 aliphatic carbocycles. The molecule has 0 spiro atoms. The number of aromatic hydroxyl groups is 1. The van der Waals surface area contributed by atoms with Crippen LogP contribution in [0.5, 0.6) is 11.5 Å². The zero-order valence-electron chi connectivity index (χ0n) is 15.4. The molecule has 138 valence electrons. The number of nitrogens with zero attached hydrogens (tertiary/aromatic N) is 3. The van der Waals surface area contributed by atoms with E-state index in [2.05, 4.69) is 17.1 Å². The maximum absolute atomic E-state index is 10.3. The van der Waals surface area contributed by atoms with E-state index in [1.54, 1.807) is 10.9 Å². The molecule has 1 heterocycles. The van der Waals surface area contributed by atoms with Gasteiger partial charge in [0.05, 0.1) is 13.2 Å². The van der Waals surface area contributed by atoms with Gasteiger partial charge in [0.15, 0.2) is 0 Å². The molecule has 1 aromatic heterocycles. The van der Waals surface area contributed by atoms with E-state index in [1.807, 2.05) is 36.4 Å². The molecule has 5 heteroatoms. The van der Waals surface area contributed by atoms with Crippen LogP contribution in [-0.4, -0.2) is 26.7 Å². The lowest BCUT2D eigenvalue weighted by atomic mass is 10.1. The van der Waals surface area contributed by atoms with E-state index in [0.717, 1.165) is 23.0 Å². The van der Waals surface area contributed by atoms with Crippen LogP contribution >= 0.6 is 0 Å². The summed E-state index contributed by atoms with van der Waals surface area (Å²) in [7, 11) is 0. The Morgan fingerprint density at radius 3 is 2.31 bits per heavy atom. The molecule has 0 amide bonds. The zero-order valence-corrected chi connectivity index (χ0v) is 15.4. The fraction of sp³-hybridized carbons (Fsp3) is 0.429. The Balaban J connectivity index is 1.51. The van der Waals surface area contributed by atoms with E-state index >= 15 is 0 Å². The molecule has 3 aromatic rings. The van der Waals surface area contributed by atoms with Crippen molar-refractivity contribution in [2.75, 3.05) is 6.61 Å². The fourth-order valence-corrected chi connectivity index (χ4v) is 2.97. The first-order valence-corrected chi connectivity index (χ1v) is 9.51. The summed E-state index contributed by atoms with van der Waals surface area (Å²) < 4.78 is 5.75. The van der Waals surface area contributed by atoms with Crippen LogP contribution < -0.4 is 4.74 Å². The first kappa shape index (κ1) is 18.2. The second kappa shape index (κ2) is 9.22. The standard InChI is InChI=1S/C21H27N3O2/c1-2-3-4-5-6-9-14-26-18-13-12-17(21(25)15-18)16-24-22-19-10-7-8-11-20(19)23-24/h7-8,10-13,15,25H,2-6,9,14,16H2,1H3. The quantitative estimate of drug-likeness (QED) is 0.525. The number of benzene rings is 2. The van der Waals surface area contributed by atoms with Crippen LogP contribution in [0.3, 0.4) is 0 Å². The monoisotopic (exact) mass is 353 g/mol. The van der Waals surface area contributed by atoms with Crippen LogP contribution in [0.1, 0.15) is 51.0 Å². The largest absolute Gasteiger partial charge is 0.507 e. The molecular weight excluding hydrogens is 326 g/mol. The van der Waals surface area contributed by atoms with Gasteiger partial charge in [0.2, 0.25) is 0 Å². The van der Waals surface area contributed by atoms with Gasteiger partial charge < -0.3 is 9.84 Å². The highest BCUT2D eigenvalue weighted by Crippen LogP contribution is 2.24. The topological polar surface area (TPSA) is 60.2 Å². The van der Waals surface area contributed by atoms with Crippen LogP contribution in [0.25, 0.3) is 11.0 Å². The van der Waals surface area contributed by atoms with Gasteiger partial charge in [0, 0.05) is 11.6 Å². The average molecular weight is 353 g/mol. The van der Waals surface area contributed by atoms with Crippen LogP contribution in [0, 0.1) is 0 Å². The van der Waals surface area contributed by atoms with Crippen molar-refractivity contribution in [2.45, 2.75) is 52.0 Å². The van der Waals surface area contributed by atoms with Gasteiger partial charge in [-0.3, -0.25) is 0 Å². The van der Waals surface area contributed by atoms with E-state index in [-0.39, 0.29) is 5.75 Å². The van der Waals surface area contributed by atoms with Gasteiger partial charge in [0.25, 0.3) is 0 Å². The summed E-state index contributed by atoms with van der Waals surface area (Å²) in [6.45, 7) is 3.35. The molecule has 0 saturated carbocycles. The molecule has 26 heavy (non-hydrogen) atoms. The number of rotatable bonds is 10. The van der Waals surface area contributed by atoms with Crippen molar-refractivity contribution in [1.82, 2.24) is 15.0 Å². The lowest BCUT2D eigenvalue weighted by molar-refractivity contribution is 0.302. The summed E-state index contributed by atoms with van der Waals surface area (Å²) in [5.41, 5.74) is 2.48. The zero-order chi connectivity index (χ0) is 18.2. The first-order valence-electron chi connectivity index (χ1n) is 9.51. The van der Waals surface area contributed by atoms with E-state index in [4.69, 9.17) is 4.74 Å². The lowest BCUT2D eigenvalue weighted by Gasteiger charge is -2.09. The van der Waals surface area contributed by atoms with E-state index in [1.165, 1.54) is 32.1 Å². The molecule has 3 rings (SSSR count). The summed E-state index contributed by atoms with van der Waals surface area (Å²) in [5.74, 6) is 0.921. The van der Waals surface area contributed by atoms with Crippen molar-refractivity contribution in [1.29, 1.82) is 0 Å². The summed E-state index contributed by atoms with van der Waals surface area (Å²) in [6, 6.07) is 13.2. The molecule has 0 aliphatic rings. The number of aromatic nitrogens is 3. The van der Waals surface area contributed by atoms with E-state index < -0.39 is 0 Å². The van der Waals surface area contributed by atoms with Gasteiger partial charge in [0.1, 0.15) is 22.5 Å². The molecule has 0 radical (unpaired) electrons. The highest BCUT2D eigenvalue weighted by atomic mass is 16.5. The van der Waals surface area contributed by atoms with E-state index in [9.17, 15) is 5.11 Å². The first-order chi connectivity index (χ1) is 12.8. The van der Waals surface area contributed by atoms with Gasteiger partial charge in [-0.15, -0.1) is 0 Å². The van der Waals surface area contributed by atoms with Crippen LogP contribution in [0.15, 0.2) is 42.5 Å². The van der Waals surface area contributed by atoms with Crippen LogP contribution in [-0.2, 0) is 6.54 Å². The minimum Gasteiger partial charge on any atom is -0.507 e. The predicted molar refractivity (Wildman–Crippen MR) is 104 cm³/mol. The number of unbranched alkanes of at least 4 members (excludes halogenated alkanes) is 5. The maximum Gasteiger partial charge on any atom is 0.124 e. The van der Waals surface area contributed by atoms with Crippen LogP contribution in [0.4, 0.5) is 0 Å². The summed E-state index contributed by atoms with van der Waals surface area (Å²) >= 11 is 0. The van der Waals surface area contributed by atoms with Crippen molar-refractivity contribution in [3.05, 3.63) is 48.0 Å². The Morgan fingerprint density at radius 2 is 1.62 bits per heavy atom. The SMILES string of the molecule is CCCCCCCCOc1ccc(Cn2nc3ccccc3n2)c(O)c1. The third kappa shape index (κ3) is 4.97. The predicted octanol–water partition coefficient (Wildman–Crippen LogP) is 4.92. The number of hydrogen-bond acceptors (Lipinski definition) is 4. The Morgan fingerprint density at radius 1 is 0.923 bits per heavy atom. The van der Waals surface area contributed by atoms with Gasteiger partial charge in [-0.1, -0.05) is 51.2 Å². The normalized spacial score (nSPS) is 11.1. The summed E-state index contributed by atoms with van der Waals surface area (Å²) in [6.07, 6.45) is 7.41. The lowest BCUT2D eigenvalue weighted by Crippen LogP contribution is -2.04. The summed E-state index contributed by atoms with van der Waals surface area (Å²) in [4.78, 5) is 1.61. The molecule has 0 bridgehead atoms. The number of phenols is 1. The van der Waals surface area contributed by atoms with Crippen molar-refractivity contribution >= 4 is 11.0 Å². The smallest absolute Gasteiger partial charge is 0.124 e. The maximum atomic E-state index is 10.3. The van der Waals surface area contributed by atoms with E-state index in [0.29, 0.717) is 18.9 Å². The Hall–Kier alpha value is -2.56. The van der Waals surface area contributed by atoms with Gasteiger partial charge in [-0.25, -0.2) is 0 Å². The third-order valence-electron chi connectivity index (χ3n) is 4.46. The van der Waals surface area contributed by atoms with Crippen LogP contribution in [0.2, 0.25) is 0 Å². The number of ether oxygens (including phenoxy) is 1. The number of fused-ring (bicyclic) bond motifs is 1. The third-order valence-corrected chi connectivity index (χ3v) is 4.46.